The molecule has 206 valence electrons. The van der Waals surface area contributed by atoms with Crippen LogP contribution in [0, 0.1) is 11.8 Å². The van der Waals surface area contributed by atoms with E-state index in [1.807, 2.05) is 47.7 Å². The minimum absolute atomic E-state index is 0.0568. The van der Waals surface area contributed by atoms with Gasteiger partial charge >= 0.3 is 5.97 Å². The molecule has 2 aromatic carbocycles. The molecule has 4 rings (SSSR count). The number of benzene rings is 2. The Morgan fingerprint density at radius 1 is 1.11 bits per heavy atom. The summed E-state index contributed by atoms with van der Waals surface area (Å²) in [5.41, 5.74) is 2.29. The van der Waals surface area contributed by atoms with E-state index in [0.717, 1.165) is 46.8 Å². The van der Waals surface area contributed by atoms with Gasteiger partial charge in [0.1, 0.15) is 18.1 Å². The van der Waals surface area contributed by atoms with Crippen molar-refractivity contribution in [1.82, 2.24) is 10.2 Å². The second-order valence-electron chi connectivity index (χ2n) is 10.4. The molecule has 7 nitrogen and oxygen atoms in total. The molecule has 1 amide bonds. The largest absolute Gasteiger partial charge is 0.488 e. The van der Waals surface area contributed by atoms with E-state index in [1.54, 1.807) is 4.90 Å². The summed E-state index contributed by atoms with van der Waals surface area (Å²) in [5.74, 6) is -0.191. The SMILES string of the molecule is CC[Si](CC)(CC)O[C@H](C)[C@H]1C(=O)N2C(C(=O)OP)=C(COc3cccc4c(CNC)cccc34)[C@H](C)[C@H]12. The van der Waals surface area contributed by atoms with Crippen molar-refractivity contribution in [3.05, 3.63) is 53.2 Å². The van der Waals surface area contributed by atoms with Crippen molar-refractivity contribution in [3.63, 3.8) is 0 Å². The fourth-order valence-corrected chi connectivity index (χ4v) is 9.35. The number of β-lactam (4-membered cyclic amide) rings is 1. The molecule has 9 heteroatoms. The Morgan fingerprint density at radius 3 is 2.39 bits per heavy atom. The number of nitrogens with zero attached hydrogens (tertiary/aromatic N) is 1. The van der Waals surface area contributed by atoms with E-state index < -0.39 is 14.3 Å². The summed E-state index contributed by atoms with van der Waals surface area (Å²) < 4.78 is 18.1. The Balaban J connectivity index is 1.60. The summed E-state index contributed by atoms with van der Waals surface area (Å²) in [5, 5.41) is 5.35. The number of carbonyl (C=O) groups is 2. The molecule has 0 saturated carbocycles. The fraction of sp³-hybridized carbons (Fsp3) is 0.517. The number of carbonyl (C=O) groups excluding carboxylic acids is 2. The average molecular weight is 557 g/mol. The van der Waals surface area contributed by atoms with Crippen molar-refractivity contribution in [2.75, 3.05) is 13.7 Å². The number of rotatable bonds is 12. The Morgan fingerprint density at radius 2 is 1.76 bits per heavy atom. The quantitative estimate of drug-likeness (QED) is 0.214. The van der Waals surface area contributed by atoms with Crippen molar-refractivity contribution in [1.29, 1.82) is 0 Å². The van der Waals surface area contributed by atoms with Crippen LogP contribution in [0.3, 0.4) is 0 Å². The van der Waals surface area contributed by atoms with E-state index >= 15 is 0 Å². The predicted molar refractivity (Wildman–Crippen MR) is 156 cm³/mol. The average Bonchev–Trinajstić information content (AvgIpc) is 3.18. The lowest BCUT2D eigenvalue weighted by atomic mass is 9.78. The zero-order valence-corrected chi connectivity index (χ0v) is 25.5. The normalized spacial score (nSPS) is 21.9. The van der Waals surface area contributed by atoms with E-state index in [9.17, 15) is 9.59 Å². The number of hydrogen-bond acceptors (Lipinski definition) is 6. The first-order valence-electron chi connectivity index (χ1n) is 13.7. The van der Waals surface area contributed by atoms with Crippen LogP contribution >= 0.6 is 9.47 Å². The zero-order chi connectivity index (χ0) is 27.6. The number of fused-ring (bicyclic) bond motifs is 2. The van der Waals surface area contributed by atoms with Crippen LogP contribution in [0.2, 0.25) is 18.1 Å². The van der Waals surface area contributed by atoms with Crippen LogP contribution in [0.1, 0.15) is 40.2 Å². The Kier molecular flexibility index (Phi) is 8.98. The van der Waals surface area contributed by atoms with E-state index in [-0.39, 0.29) is 36.5 Å². The van der Waals surface area contributed by atoms with Gasteiger partial charge in [0.25, 0.3) is 0 Å². The summed E-state index contributed by atoms with van der Waals surface area (Å²) >= 11 is 0. The molecule has 0 spiro atoms. The Hall–Kier alpha value is -2.25. The lowest BCUT2D eigenvalue weighted by Crippen LogP contribution is -2.65. The molecule has 1 saturated heterocycles. The first-order chi connectivity index (χ1) is 18.3. The number of hydrogen-bond donors (Lipinski definition) is 1. The predicted octanol–water partition coefficient (Wildman–Crippen LogP) is 5.41. The molecule has 0 aromatic heterocycles. The standard InChI is InChI=1S/C29H41N2O5PSi/c1-7-38(8-2,9-3)36-19(5)25-26-18(4)23(27(29(33)35-37)31(26)28(25)32)17-34-24-15-11-13-21-20(16-30-6)12-10-14-22(21)24/h10-15,18-19,25-26,30H,7-9,16-17,37H2,1-6H3/t18-,19+,25+,26+/m0/s1. The first kappa shape index (κ1) is 28.7. The third-order valence-electron chi connectivity index (χ3n) is 8.69. The lowest BCUT2D eigenvalue weighted by molar-refractivity contribution is -0.161. The second-order valence-corrected chi connectivity index (χ2v) is 15.4. The third kappa shape index (κ3) is 4.92. The van der Waals surface area contributed by atoms with Crippen LogP contribution < -0.4 is 10.1 Å². The maximum atomic E-state index is 13.5. The van der Waals surface area contributed by atoms with Gasteiger partial charge in [0.05, 0.1) is 27.5 Å². The van der Waals surface area contributed by atoms with Gasteiger partial charge in [-0.1, -0.05) is 58.0 Å². The van der Waals surface area contributed by atoms with Crippen LogP contribution in [-0.2, 0) is 25.1 Å². The molecule has 1 fully saturated rings. The van der Waals surface area contributed by atoms with Crippen molar-refractivity contribution in [3.8, 4) is 5.75 Å². The van der Waals surface area contributed by atoms with Gasteiger partial charge in [-0.15, -0.1) is 0 Å². The van der Waals surface area contributed by atoms with Crippen molar-refractivity contribution < 1.29 is 23.3 Å². The maximum absolute atomic E-state index is 13.5. The van der Waals surface area contributed by atoms with Gasteiger partial charge in [0, 0.05) is 23.4 Å². The van der Waals surface area contributed by atoms with Crippen molar-refractivity contribution >= 4 is 40.4 Å². The third-order valence-corrected chi connectivity index (χ3v) is 13.6. The molecule has 5 atom stereocenters. The maximum Gasteiger partial charge on any atom is 0.357 e. The molecule has 2 aromatic rings. The Bertz CT molecular complexity index is 1220. The second kappa shape index (κ2) is 11.9. The molecule has 2 heterocycles. The van der Waals surface area contributed by atoms with Gasteiger partial charge in [-0.3, -0.25) is 4.79 Å². The number of ether oxygens (including phenoxy) is 1. The van der Waals surface area contributed by atoms with Gasteiger partial charge in [-0.25, -0.2) is 4.79 Å². The highest BCUT2D eigenvalue weighted by atomic mass is 31.0. The molecular formula is C29H41N2O5PSi. The molecule has 1 unspecified atom stereocenters. The van der Waals surface area contributed by atoms with Crippen molar-refractivity contribution in [2.24, 2.45) is 11.8 Å². The molecule has 2 aliphatic rings. The van der Waals surface area contributed by atoms with Crippen molar-refractivity contribution in [2.45, 2.75) is 71.4 Å². The summed E-state index contributed by atoms with van der Waals surface area (Å²) in [7, 11) is 2.06. The molecule has 1 N–H and O–H groups in total. The van der Waals surface area contributed by atoms with E-state index in [0.29, 0.717) is 5.70 Å². The molecule has 38 heavy (non-hydrogen) atoms. The first-order valence-corrected chi connectivity index (χ1v) is 16.7. The van der Waals surface area contributed by atoms with Crippen LogP contribution in [0.15, 0.2) is 47.7 Å². The zero-order valence-electron chi connectivity index (χ0n) is 23.4. The Labute approximate surface area is 229 Å². The van der Waals surface area contributed by atoms with Gasteiger partial charge < -0.3 is 23.9 Å². The van der Waals surface area contributed by atoms with Gasteiger partial charge in [-0.05, 0) is 49.1 Å². The molecule has 0 radical (unpaired) electrons. The summed E-state index contributed by atoms with van der Waals surface area (Å²) in [6, 6.07) is 15.1. The van der Waals surface area contributed by atoms with Gasteiger partial charge in [-0.2, -0.15) is 0 Å². The monoisotopic (exact) mass is 556 g/mol. The molecular weight excluding hydrogens is 515 g/mol. The number of amides is 1. The van der Waals surface area contributed by atoms with Gasteiger partial charge in [0.2, 0.25) is 5.91 Å². The molecule has 0 bridgehead atoms. The topological polar surface area (TPSA) is 77.1 Å². The molecule has 0 aliphatic carbocycles. The van der Waals surface area contributed by atoms with Crippen LogP contribution in [0.4, 0.5) is 0 Å². The van der Waals surface area contributed by atoms with Crippen LogP contribution in [0.5, 0.6) is 5.75 Å². The number of nitrogens with one attached hydrogen (secondary N) is 1. The smallest absolute Gasteiger partial charge is 0.357 e. The van der Waals surface area contributed by atoms with Gasteiger partial charge in [0.15, 0.2) is 8.32 Å². The summed E-state index contributed by atoms with van der Waals surface area (Å²) in [4.78, 5) is 28.0. The van der Waals surface area contributed by atoms with Crippen LogP contribution in [-0.4, -0.2) is 50.9 Å². The van der Waals surface area contributed by atoms with E-state index in [4.69, 9.17) is 13.7 Å². The van der Waals surface area contributed by atoms with E-state index in [1.165, 1.54) is 5.56 Å². The summed E-state index contributed by atoms with van der Waals surface area (Å²) in [6.07, 6.45) is -0.199. The highest BCUT2D eigenvalue weighted by Gasteiger charge is 2.61. The van der Waals surface area contributed by atoms with Crippen LogP contribution in [0.25, 0.3) is 10.8 Å². The lowest BCUT2D eigenvalue weighted by Gasteiger charge is -2.49. The molecule has 2 aliphatic heterocycles. The minimum Gasteiger partial charge on any atom is -0.488 e. The minimum atomic E-state index is -1.89. The van der Waals surface area contributed by atoms with E-state index in [2.05, 4.69) is 45.1 Å². The highest BCUT2D eigenvalue weighted by molar-refractivity contribution is 7.10. The highest BCUT2D eigenvalue weighted by Crippen LogP contribution is 2.49. The fourth-order valence-electron chi connectivity index (χ4n) is 6.31. The summed E-state index contributed by atoms with van der Waals surface area (Å²) in [6.45, 7) is 11.6.